The number of hydrogen-bond donors (Lipinski definition) is 0. The van der Waals surface area contributed by atoms with E-state index in [-0.39, 0.29) is 0 Å². The summed E-state index contributed by atoms with van der Waals surface area (Å²) in [6, 6.07) is 6.57. The normalized spacial score (nSPS) is 9.31. The third-order valence-corrected chi connectivity index (χ3v) is 1.49. The molecule has 0 amide bonds. The Balaban J connectivity index is 2.87. The lowest BCUT2D eigenvalue weighted by Gasteiger charge is -2.03. The van der Waals surface area contributed by atoms with E-state index < -0.39 is 5.97 Å². The van der Waals surface area contributed by atoms with Crippen LogP contribution in [0.1, 0.15) is 17.3 Å². The predicted octanol–water partition coefficient (Wildman–Crippen LogP) is 1.63. The van der Waals surface area contributed by atoms with Gasteiger partial charge in [0.2, 0.25) is 0 Å². The Labute approximate surface area is 76.3 Å². The number of rotatable bonds is 3. The molecule has 0 spiro atoms. The molecule has 1 radical (unpaired) electrons. The first kappa shape index (κ1) is 9.45. The second-order valence-corrected chi connectivity index (χ2v) is 2.37. The van der Waals surface area contributed by atoms with Crippen molar-refractivity contribution in [2.75, 3.05) is 0 Å². The van der Waals surface area contributed by atoms with Crippen molar-refractivity contribution in [1.82, 2.24) is 0 Å². The fourth-order valence-corrected chi connectivity index (χ4v) is 0.838. The molecule has 13 heavy (non-hydrogen) atoms. The molecule has 0 saturated heterocycles. The molecule has 0 aliphatic heterocycles. The molecule has 0 heterocycles. The minimum atomic E-state index is -0.464. The SMILES string of the molecule is C[CH]C(=O)Oc1ccccc1C=O. The second-order valence-electron chi connectivity index (χ2n) is 2.37. The van der Waals surface area contributed by atoms with E-state index in [0.29, 0.717) is 17.6 Å². The van der Waals surface area contributed by atoms with Gasteiger partial charge in [-0.1, -0.05) is 19.1 Å². The van der Waals surface area contributed by atoms with Gasteiger partial charge < -0.3 is 4.74 Å². The monoisotopic (exact) mass is 177 g/mol. The van der Waals surface area contributed by atoms with Gasteiger partial charge in [-0.05, 0) is 12.1 Å². The zero-order valence-electron chi connectivity index (χ0n) is 7.19. The summed E-state index contributed by atoms with van der Waals surface area (Å²) in [5, 5.41) is 0. The Kier molecular flexibility index (Phi) is 3.20. The minimum Gasteiger partial charge on any atom is -0.426 e. The van der Waals surface area contributed by atoms with Gasteiger partial charge in [-0.25, -0.2) is 0 Å². The van der Waals surface area contributed by atoms with E-state index in [1.54, 1.807) is 31.2 Å². The van der Waals surface area contributed by atoms with Crippen LogP contribution < -0.4 is 4.74 Å². The molecular formula is C10H9O3. The van der Waals surface area contributed by atoms with Gasteiger partial charge in [-0.2, -0.15) is 0 Å². The van der Waals surface area contributed by atoms with Gasteiger partial charge in [0.15, 0.2) is 6.29 Å². The maximum atomic E-state index is 10.9. The topological polar surface area (TPSA) is 43.4 Å². The number of para-hydroxylation sites is 1. The van der Waals surface area contributed by atoms with Crippen molar-refractivity contribution in [3.8, 4) is 5.75 Å². The fourth-order valence-electron chi connectivity index (χ4n) is 0.838. The van der Waals surface area contributed by atoms with Crippen LogP contribution in [0.25, 0.3) is 0 Å². The molecule has 0 bridgehead atoms. The lowest BCUT2D eigenvalue weighted by atomic mass is 10.2. The van der Waals surface area contributed by atoms with Gasteiger partial charge in [-0.3, -0.25) is 9.59 Å². The van der Waals surface area contributed by atoms with Gasteiger partial charge in [-0.15, -0.1) is 0 Å². The van der Waals surface area contributed by atoms with E-state index in [1.807, 2.05) is 0 Å². The first-order chi connectivity index (χ1) is 6.27. The van der Waals surface area contributed by atoms with Crippen molar-refractivity contribution >= 4 is 12.3 Å². The van der Waals surface area contributed by atoms with Crippen LogP contribution in [0, 0.1) is 6.42 Å². The summed E-state index contributed by atoms with van der Waals surface area (Å²) in [5.74, 6) is -0.171. The first-order valence-corrected chi connectivity index (χ1v) is 3.83. The van der Waals surface area contributed by atoms with Crippen molar-refractivity contribution in [3.05, 3.63) is 36.2 Å². The van der Waals surface area contributed by atoms with E-state index >= 15 is 0 Å². The van der Waals surface area contributed by atoms with Crippen LogP contribution in [0.15, 0.2) is 24.3 Å². The molecule has 67 valence electrons. The van der Waals surface area contributed by atoms with Gasteiger partial charge in [0.25, 0.3) is 0 Å². The van der Waals surface area contributed by atoms with E-state index in [0.717, 1.165) is 0 Å². The zero-order valence-corrected chi connectivity index (χ0v) is 7.19. The smallest absolute Gasteiger partial charge is 0.314 e. The molecule has 0 atom stereocenters. The van der Waals surface area contributed by atoms with Crippen molar-refractivity contribution in [1.29, 1.82) is 0 Å². The molecule has 3 nitrogen and oxygen atoms in total. The van der Waals surface area contributed by atoms with Crippen LogP contribution in [-0.4, -0.2) is 12.3 Å². The van der Waals surface area contributed by atoms with Crippen LogP contribution >= 0.6 is 0 Å². The number of carbonyl (C=O) groups excluding carboxylic acids is 2. The largest absolute Gasteiger partial charge is 0.426 e. The second kappa shape index (κ2) is 4.40. The molecule has 1 rings (SSSR count). The standard InChI is InChI=1S/C10H9O3/c1-2-10(12)13-9-6-4-3-5-8(9)7-11/h2-7H,1H3. The van der Waals surface area contributed by atoms with Gasteiger partial charge in [0.1, 0.15) is 5.75 Å². The highest BCUT2D eigenvalue weighted by Crippen LogP contribution is 2.15. The summed E-state index contributed by atoms with van der Waals surface area (Å²) in [6.07, 6.45) is 1.94. The highest BCUT2D eigenvalue weighted by molar-refractivity contribution is 5.85. The number of carbonyl (C=O) groups is 2. The number of benzene rings is 1. The maximum absolute atomic E-state index is 10.9. The minimum absolute atomic E-state index is 0.292. The average molecular weight is 177 g/mol. The Hall–Kier alpha value is -1.64. The quantitative estimate of drug-likeness (QED) is 0.400. The van der Waals surface area contributed by atoms with Crippen LogP contribution in [0.2, 0.25) is 0 Å². The third-order valence-electron chi connectivity index (χ3n) is 1.49. The molecule has 0 saturated carbocycles. The van der Waals surface area contributed by atoms with Crippen LogP contribution in [0.5, 0.6) is 5.75 Å². The molecular weight excluding hydrogens is 168 g/mol. The Morgan fingerprint density at radius 3 is 2.69 bits per heavy atom. The first-order valence-electron chi connectivity index (χ1n) is 3.83. The summed E-state index contributed by atoms with van der Waals surface area (Å²) >= 11 is 0. The van der Waals surface area contributed by atoms with Crippen LogP contribution in [0.3, 0.4) is 0 Å². The highest BCUT2D eigenvalue weighted by atomic mass is 16.5. The molecule has 0 unspecified atom stereocenters. The molecule has 1 aromatic rings. The summed E-state index contributed by atoms with van der Waals surface area (Å²) < 4.78 is 4.86. The van der Waals surface area contributed by atoms with Crippen molar-refractivity contribution in [2.24, 2.45) is 0 Å². The van der Waals surface area contributed by atoms with E-state index in [4.69, 9.17) is 4.74 Å². The van der Waals surface area contributed by atoms with Gasteiger partial charge in [0, 0.05) is 0 Å². The molecule has 0 aliphatic rings. The Bertz CT molecular complexity index is 318. The molecule has 0 aromatic heterocycles. The number of ether oxygens (including phenoxy) is 1. The van der Waals surface area contributed by atoms with Crippen molar-refractivity contribution in [2.45, 2.75) is 6.92 Å². The molecule has 0 fully saturated rings. The zero-order chi connectivity index (χ0) is 9.68. The summed E-state index contributed by atoms with van der Waals surface area (Å²) in [7, 11) is 0. The lowest BCUT2D eigenvalue weighted by Crippen LogP contribution is -2.07. The van der Waals surface area contributed by atoms with E-state index in [2.05, 4.69) is 0 Å². The predicted molar refractivity (Wildman–Crippen MR) is 47.4 cm³/mol. The maximum Gasteiger partial charge on any atom is 0.314 e. The Morgan fingerprint density at radius 2 is 2.08 bits per heavy atom. The van der Waals surface area contributed by atoms with Gasteiger partial charge in [0.05, 0.1) is 12.0 Å². The number of aldehydes is 1. The molecule has 0 aliphatic carbocycles. The van der Waals surface area contributed by atoms with Crippen molar-refractivity contribution < 1.29 is 14.3 Å². The van der Waals surface area contributed by atoms with E-state index in [1.165, 1.54) is 6.42 Å². The fraction of sp³-hybridized carbons (Fsp3) is 0.100. The average Bonchev–Trinajstić information content (AvgIpc) is 2.18. The molecule has 0 N–H and O–H groups in total. The summed E-state index contributed by atoms with van der Waals surface area (Å²) in [5.41, 5.74) is 0.373. The summed E-state index contributed by atoms with van der Waals surface area (Å²) in [4.78, 5) is 21.4. The lowest BCUT2D eigenvalue weighted by molar-refractivity contribution is -0.130. The summed E-state index contributed by atoms with van der Waals surface area (Å²) in [6.45, 7) is 1.58. The number of esters is 1. The van der Waals surface area contributed by atoms with Crippen LogP contribution in [-0.2, 0) is 4.79 Å². The Morgan fingerprint density at radius 1 is 1.38 bits per heavy atom. The van der Waals surface area contributed by atoms with Crippen LogP contribution in [0.4, 0.5) is 0 Å². The molecule has 1 aromatic carbocycles. The van der Waals surface area contributed by atoms with Crippen molar-refractivity contribution in [3.63, 3.8) is 0 Å². The third kappa shape index (κ3) is 2.40. The van der Waals surface area contributed by atoms with E-state index in [9.17, 15) is 9.59 Å². The van der Waals surface area contributed by atoms with Gasteiger partial charge >= 0.3 is 5.97 Å². The molecule has 3 heteroatoms. The highest BCUT2D eigenvalue weighted by Gasteiger charge is 2.05. The number of hydrogen-bond acceptors (Lipinski definition) is 3.